The van der Waals surface area contributed by atoms with Crippen LogP contribution in [0.4, 0.5) is 0 Å². The Morgan fingerprint density at radius 3 is 2.89 bits per heavy atom. The number of piperidine rings is 1. The summed E-state index contributed by atoms with van der Waals surface area (Å²) >= 11 is 0. The van der Waals surface area contributed by atoms with Crippen LogP contribution in [0.1, 0.15) is 51.4 Å². The van der Waals surface area contributed by atoms with E-state index in [1.807, 2.05) is 7.11 Å². The Labute approximate surface area is 116 Å². The summed E-state index contributed by atoms with van der Waals surface area (Å²) in [5.41, 5.74) is 0. The van der Waals surface area contributed by atoms with Crippen LogP contribution in [0.3, 0.4) is 0 Å². The van der Waals surface area contributed by atoms with Gasteiger partial charge in [0, 0.05) is 26.1 Å². The van der Waals surface area contributed by atoms with Crippen LogP contribution in [-0.4, -0.2) is 48.3 Å². The Morgan fingerprint density at radius 2 is 2.16 bits per heavy atom. The van der Waals surface area contributed by atoms with Crippen LogP contribution in [0.25, 0.3) is 0 Å². The van der Waals surface area contributed by atoms with E-state index in [0.717, 1.165) is 19.4 Å². The van der Waals surface area contributed by atoms with Gasteiger partial charge in [-0.3, -0.25) is 4.79 Å². The summed E-state index contributed by atoms with van der Waals surface area (Å²) in [5, 5.41) is 8.80. The summed E-state index contributed by atoms with van der Waals surface area (Å²) in [6.45, 7) is 2.28. The Balaban J connectivity index is 1.81. The Morgan fingerprint density at radius 1 is 1.32 bits per heavy atom. The number of hydrogen-bond donors (Lipinski definition) is 1. The molecule has 0 spiro atoms. The second-order valence-electron chi connectivity index (χ2n) is 6.11. The molecule has 0 amide bonds. The maximum atomic E-state index is 10.7. The highest BCUT2D eigenvalue weighted by molar-refractivity contribution is 5.66. The number of carboxylic acid groups (broad SMARTS) is 1. The summed E-state index contributed by atoms with van der Waals surface area (Å²) in [5.74, 6) is -0.0815. The molecular formula is C15H27NO3. The second-order valence-corrected chi connectivity index (χ2v) is 6.11. The smallest absolute Gasteiger partial charge is 0.303 e. The quantitative estimate of drug-likeness (QED) is 0.833. The summed E-state index contributed by atoms with van der Waals surface area (Å²) < 4.78 is 5.51. The highest BCUT2D eigenvalue weighted by Crippen LogP contribution is 2.29. The first-order chi connectivity index (χ1) is 9.19. The molecule has 4 nitrogen and oxygen atoms in total. The monoisotopic (exact) mass is 269 g/mol. The number of ether oxygens (including phenoxy) is 1. The van der Waals surface area contributed by atoms with Crippen molar-refractivity contribution in [3.05, 3.63) is 0 Å². The topological polar surface area (TPSA) is 49.8 Å². The summed E-state index contributed by atoms with van der Waals surface area (Å²) in [6.07, 6.45) is 8.91. The molecule has 2 fully saturated rings. The van der Waals surface area contributed by atoms with Crippen LogP contribution in [0.15, 0.2) is 0 Å². The predicted octanol–water partition coefficient (Wildman–Crippen LogP) is 2.52. The third-order valence-corrected chi connectivity index (χ3v) is 4.77. The predicted molar refractivity (Wildman–Crippen MR) is 74.2 cm³/mol. The molecule has 0 aromatic heterocycles. The van der Waals surface area contributed by atoms with Crippen LogP contribution in [-0.2, 0) is 9.53 Å². The molecule has 0 aromatic rings. The number of nitrogens with zero attached hydrogens (tertiary/aromatic N) is 1. The second kappa shape index (κ2) is 7.25. The van der Waals surface area contributed by atoms with Crippen molar-refractivity contribution in [2.45, 2.75) is 63.5 Å². The van der Waals surface area contributed by atoms with E-state index in [4.69, 9.17) is 9.84 Å². The molecule has 3 unspecified atom stereocenters. The molecule has 0 radical (unpaired) electrons. The standard InChI is InChI=1S/C15H27NO3/c1-19-14-6-2-5-13(10-14)16-9-3-4-12(11-16)7-8-15(17)18/h12-14H,2-11H2,1H3,(H,17,18). The lowest BCUT2D eigenvalue weighted by molar-refractivity contribution is -0.137. The minimum absolute atomic E-state index is 0.323. The van der Waals surface area contributed by atoms with E-state index in [9.17, 15) is 4.79 Å². The molecule has 1 N–H and O–H groups in total. The number of carboxylic acids is 1. The highest BCUT2D eigenvalue weighted by atomic mass is 16.5. The van der Waals surface area contributed by atoms with E-state index >= 15 is 0 Å². The largest absolute Gasteiger partial charge is 0.481 e. The first kappa shape index (κ1) is 14.8. The molecule has 19 heavy (non-hydrogen) atoms. The van der Waals surface area contributed by atoms with Gasteiger partial charge in [0.15, 0.2) is 0 Å². The number of carbonyl (C=O) groups is 1. The van der Waals surface area contributed by atoms with Crippen molar-refractivity contribution >= 4 is 5.97 Å². The molecule has 1 saturated heterocycles. The van der Waals surface area contributed by atoms with Crippen LogP contribution < -0.4 is 0 Å². The van der Waals surface area contributed by atoms with Crippen molar-refractivity contribution in [3.63, 3.8) is 0 Å². The van der Waals surface area contributed by atoms with E-state index in [1.54, 1.807) is 0 Å². The van der Waals surface area contributed by atoms with Gasteiger partial charge in [-0.2, -0.15) is 0 Å². The van der Waals surface area contributed by atoms with Gasteiger partial charge in [0.25, 0.3) is 0 Å². The third kappa shape index (κ3) is 4.46. The summed E-state index contributed by atoms with van der Waals surface area (Å²) in [7, 11) is 1.82. The molecule has 1 saturated carbocycles. The molecule has 1 heterocycles. The molecule has 3 atom stereocenters. The highest BCUT2D eigenvalue weighted by Gasteiger charge is 2.30. The van der Waals surface area contributed by atoms with Crippen molar-refractivity contribution in [1.29, 1.82) is 0 Å². The summed E-state index contributed by atoms with van der Waals surface area (Å²) in [4.78, 5) is 13.3. The molecule has 110 valence electrons. The molecular weight excluding hydrogens is 242 g/mol. The molecule has 4 heteroatoms. The van der Waals surface area contributed by atoms with Gasteiger partial charge in [-0.25, -0.2) is 0 Å². The van der Waals surface area contributed by atoms with E-state index in [2.05, 4.69) is 4.90 Å². The fraction of sp³-hybridized carbons (Fsp3) is 0.933. The third-order valence-electron chi connectivity index (χ3n) is 4.77. The minimum Gasteiger partial charge on any atom is -0.481 e. The molecule has 1 aliphatic heterocycles. The number of hydrogen-bond acceptors (Lipinski definition) is 3. The Bertz CT molecular complexity index is 295. The fourth-order valence-corrected chi connectivity index (χ4v) is 3.66. The van der Waals surface area contributed by atoms with Crippen LogP contribution in [0.5, 0.6) is 0 Å². The Kier molecular flexibility index (Phi) is 5.64. The van der Waals surface area contributed by atoms with Crippen molar-refractivity contribution < 1.29 is 14.6 Å². The molecule has 1 aliphatic carbocycles. The first-order valence-corrected chi connectivity index (χ1v) is 7.67. The van der Waals surface area contributed by atoms with E-state index in [0.29, 0.717) is 24.5 Å². The molecule has 0 aromatic carbocycles. The van der Waals surface area contributed by atoms with Gasteiger partial charge in [-0.1, -0.05) is 0 Å². The SMILES string of the molecule is COC1CCCC(N2CCCC(CCC(=O)O)C2)C1. The number of methoxy groups -OCH3 is 1. The zero-order valence-corrected chi connectivity index (χ0v) is 12.0. The Hall–Kier alpha value is -0.610. The number of rotatable bonds is 5. The van der Waals surface area contributed by atoms with Crippen molar-refractivity contribution in [2.75, 3.05) is 20.2 Å². The van der Waals surface area contributed by atoms with Gasteiger partial charge in [-0.05, 0) is 57.4 Å². The molecule has 2 rings (SSSR count). The van der Waals surface area contributed by atoms with E-state index in [-0.39, 0.29) is 0 Å². The maximum Gasteiger partial charge on any atom is 0.303 e. The van der Waals surface area contributed by atoms with Gasteiger partial charge in [0.2, 0.25) is 0 Å². The van der Waals surface area contributed by atoms with Gasteiger partial charge in [0.1, 0.15) is 0 Å². The van der Waals surface area contributed by atoms with Gasteiger partial charge < -0.3 is 14.7 Å². The minimum atomic E-state index is -0.658. The lowest BCUT2D eigenvalue weighted by Crippen LogP contribution is -2.45. The zero-order valence-electron chi connectivity index (χ0n) is 12.0. The van der Waals surface area contributed by atoms with Gasteiger partial charge in [-0.15, -0.1) is 0 Å². The van der Waals surface area contributed by atoms with E-state index in [1.165, 1.54) is 38.6 Å². The van der Waals surface area contributed by atoms with Crippen molar-refractivity contribution in [3.8, 4) is 0 Å². The van der Waals surface area contributed by atoms with Crippen molar-refractivity contribution in [2.24, 2.45) is 5.92 Å². The maximum absolute atomic E-state index is 10.7. The van der Waals surface area contributed by atoms with Crippen LogP contribution >= 0.6 is 0 Å². The molecule has 0 bridgehead atoms. The zero-order chi connectivity index (χ0) is 13.7. The lowest BCUT2D eigenvalue weighted by Gasteiger charge is -2.41. The number of aliphatic carboxylic acids is 1. The van der Waals surface area contributed by atoms with Crippen LogP contribution in [0, 0.1) is 5.92 Å². The normalized spacial score (nSPS) is 33.2. The van der Waals surface area contributed by atoms with Gasteiger partial charge >= 0.3 is 5.97 Å². The van der Waals surface area contributed by atoms with Crippen LogP contribution in [0.2, 0.25) is 0 Å². The fourth-order valence-electron chi connectivity index (χ4n) is 3.66. The molecule has 2 aliphatic rings. The first-order valence-electron chi connectivity index (χ1n) is 7.67. The lowest BCUT2D eigenvalue weighted by atomic mass is 9.87. The van der Waals surface area contributed by atoms with Gasteiger partial charge in [0.05, 0.1) is 6.10 Å². The summed E-state index contributed by atoms with van der Waals surface area (Å²) in [6, 6.07) is 0.659. The number of likely N-dealkylation sites (tertiary alicyclic amines) is 1. The average molecular weight is 269 g/mol. The van der Waals surface area contributed by atoms with Crippen molar-refractivity contribution in [1.82, 2.24) is 4.90 Å². The average Bonchev–Trinajstić information content (AvgIpc) is 2.45. The van der Waals surface area contributed by atoms with E-state index < -0.39 is 5.97 Å².